The molecule has 1 unspecified atom stereocenters. The topological polar surface area (TPSA) is 50.2 Å². The summed E-state index contributed by atoms with van der Waals surface area (Å²) in [7, 11) is 0. The number of aromatic nitrogens is 1. The fourth-order valence-electron chi connectivity index (χ4n) is 1.36. The van der Waals surface area contributed by atoms with E-state index in [4.69, 9.17) is 5.11 Å². The highest BCUT2D eigenvalue weighted by atomic mass is 32.1. The lowest BCUT2D eigenvalue weighted by Crippen LogP contribution is -2.11. The second kappa shape index (κ2) is 5.26. The van der Waals surface area contributed by atoms with Crippen molar-refractivity contribution in [2.24, 2.45) is 5.92 Å². The third kappa shape index (κ3) is 3.30. The van der Waals surface area contributed by atoms with E-state index >= 15 is 0 Å². The van der Waals surface area contributed by atoms with Crippen LogP contribution in [-0.4, -0.2) is 16.1 Å². The Morgan fingerprint density at radius 1 is 1.60 bits per heavy atom. The van der Waals surface area contributed by atoms with E-state index in [2.05, 4.69) is 11.9 Å². The molecule has 15 heavy (non-hydrogen) atoms. The van der Waals surface area contributed by atoms with Crippen LogP contribution in [0.15, 0.2) is 0 Å². The molecule has 4 heteroatoms. The van der Waals surface area contributed by atoms with Crippen LogP contribution in [0.4, 0.5) is 0 Å². The van der Waals surface area contributed by atoms with Gasteiger partial charge in [0.15, 0.2) is 0 Å². The Bertz CT molecular complexity index is 346. The Labute approximate surface area is 94.2 Å². The molecule has 0 saturated carbocycles. The van der Waals surface area contributed by atoms with Gasteiger partial charge in [0.25, 0.3) is 0 Å². The van der Waals surface area contributed by atoms with Crippen molar-refractivity contribution < 1.29 is 9.90 Å². The highest BCUT2D eigenvalue weighted by molar-refractivity contribution is 7.11. The summed E-state index contributed by atoms with van der Waals surface area (Å²) in [6, 6.07) is 0. The minimum atomic E-state index is -0.736. The van der Waals surface area contributed by atoms with E-state index in [9.17, 15) is 4.79 Å². The lowest BCUT2D eigenvalue weighted by molar-refractivity contribution is -0.141. The fourth-order valence-corrected chi connectivity index (χ4v) is 2.66. The first kappa shape index (κ1) is 12.2. The largest absolute Gasteiger partial charge is 0.481 e. The Hall–Kier alpha value is -0.900. The van der Waals surface area contributed by atoms with Crippen molar-refractivity contribution in [3.63, 3.8) is 0 Å². The monoisotopic (exact) mass is 227 g/mol. The molecule has 0 fully saturated rings. The normalized spacial score (nSPS) is 12.7. The van der Waals surface area contributed by atoms with Gasteiger partial charge in [-0.15, -0.1) is 11.3 Å². The van der Waals surface area contributed by atoms with Crippen molar-refractivity contribution in [2.75, 3.05) is 0 Å². The smallest absolute Gasteiger partial charge is 0.306 e. The van der Waals surface area contributed by atoms with E-state index in [1.165, 1.54) is 0 Å². The van der Waals surface area contributed by atoms with Gasteiger partial charge in [0.2, 0.25) is 0 Å². The molecule has 1 heterocycles. The first-order valence-corrected chi connectivity index (χ1v) is 6.04. The summed E-state index contributed by atoms with van der Waals surface area (Å²) in [5.74, 6) is -1.06. The molecule has 3 nitrogen and oxygen atoms in total. The molecule has 1 atom stereocenters. The van der Waals surface area contributed by atoms with Crippen molar-refractivity contribution in [2.45, 2.75) is 40.0 Å². The maximum Gasteiger partial charge on any atom is 0.306 e. The molecule has 0 radical (unpaired) electrons. The predicted molar refractivity (Wildman–Crippen MR) is 61.3 cm³/mol. The van der Waals surface area contributed by atoms with Gasteiger partial charge in [0.05, 0.1) is 16.6 Å². The first-order valence-electron chi connectivity index (χ1n) is 5.22. The van der Waals surface area contributed by atoms with Gasteiger partial charge in [-0.3, -0.25) is 4.79 Å². The van der Waals surface area contributed by atoms with Crippen molar-refractivity contribution in [1.29, 1.82) is 0 Å². The average molecular weight is 227 g/mol. The summed E-state index contributed by atoms with van der Waals surface area (Å²) in [5, 5.41) is 9.96. The number of hydrogen-bond donors (Lipinski definition) is 1. The van der Waals surface area contributed by atoms with Crippen LogP contribution in [0.25, 0.3) is 0 Å². The van der Waals surface area contributed by atoms with E-state index in [0.717, 1.165) is 28.4 Å². The van der Waals surface area contributed by atoms with Crippen molar-refractivity contribution in [3.8, 4) is 0 Å². The summed E-state index contributed by atoms with van der Waals surface area (Å²) >= 11 is 1.66. The zero-order valence-corrected chi connectivity index (χ0v) is 10.2. The van der Waals surface area contributed by atoms with Gasteiger partial charge < -0.3 is 5.11 Å². The summed E-state index contributed by atoms with van der Waals surface area (Å²) in [6.45, 7) is 5.82. The van der Waals surface area contributed by atoms with Crippen LogP contribution in [0.3, 0.4) is 0 Å². The van der Waals surface area contributed by atoms with Gasteiger partial charge in [0.1, 0.15) is 0 Å². The Kier molecular flexibility index (Phi) is 4.27. The zero-order valence-electron chi connectivity index (χ0n) is 9.41. The predicted octanol–water partition coefficient (Wildman–Crippen LogP) is 2.67. The Balaban J connectivity index is 2.72. The van der Waals surface area contributed by atoms with Crippen LogP contribution in [-0.2, 0) is 17.6 Å². The molecule has 0 spiro atoms. The molecule has 1 rings (SSSR count). The van der Waals surface area contributed by atoms with E-state index in [1.54, 1.807) is 18.3 Å². The number of aryl methyl sites for hydroxylation is 2. The molecule has 0 saturated heterocycles. The van der Waals surface area contributed by atoms with E-state index in [0.29, 0.717) is 6.42 Å². The highest BCUT2D eigenvalue weighted by Crippen LogP contribution is 2.22. The van der Waals surface area contributed by atoms with Gasteiger partial charge in [-0.2, -0.15) is 0 Å². The molecule has 0 amide bonds. The van der Waals surface area contributed by atoms with Crippen LogP contribution in [0.5, 0.6) is 0 Å². The molecule has 1 aromatic rings. The van der Waals surface area contributed by atoms with Crippen LogP contribution in [0.2, 0.25) is 0 Å². The average Bonchev–Trinajstić information content (AvgIpc) is 2.47. The number of thiazole rings is 1. The van der Waals surface area contributed by atoms with Crippen LogP contribution >= 0.6 is 11.3 Å². The van der Waals surface area contributed by atoms with E-state index < -0.39 is 5.97 Å². The van der Waals surface area contributed by atoms with Crippen LogP contribution in [0, 0.1) is 12.8 Å². The number of carbonyl (C=O) groups is 1. The molecule has 1 aromatic heterocycles. The lowest BCUT2D eigenvalue weighted by Gasteiger charge is -2.03. The second-order valence-electron chi connectivity index (χ2n) is 3.81. The summed E-state index contributed by atoms with van der Waals surface area (Å²) in [5.41, 5.74) is 0.997. The van der Waals surface area contributed by atoms with Crippen molar-refractivity contribution in [3.05, 3.63) is 15.6 Å². The van der Waals surface area contributed by atoms with Crippen LogP contribution < -0.4 is 0 Å². The third-order valence-electron chi connectivity index (χ3n) is 2.31. The SMILES string of the molecule is CCCc1nc(C)c(CC(C)C(=O)O)s1. The maximum absolute atomic E-state index is 10.7. The Morgan fingerprint density at radius 3 is 2.80 bits per heavy atom. The summed E-state index contributed by atoms with van der Waals surface area (Å²) < 4.78 is 0. The Morgan fingerprint density at radius 2 is 2.27 bits per heavy atom. The highest BCUT2D eigenvalue weighted by Gasteiger charge is 2.15. The van der Waals surface area contributed by atoms with Crippen LogP contribution in [0.1, 0.15) is 35.8 Å². The van der Waals surface area contributed by atoms with E-state index in [1.807, 2.05) is 6.92 Å². The number of rotatable bonds is 5. The number of hydrogen-bond acceptors (Lipinski definition) is 3. The summed E-state index contributed by atoms with van der Waals surface area (Å²) in [6.07, 6.45) is 2.68. The quantitative estimate of drug-likeness (QED) is 0.841. The number of carboxylic acids is 1. The maximum atomic E-state index is 10.7. The molecule has 0 aliphatic carbocycles. The minimum absolute atomic E-state index is 0.321. The molecular formula is C11H17NO2S. The molecule has 0 bridgehead atoms. The number of nitrogens with zero attached hydrogens (tertiary/aromatic N) is 1. The van der Waals surface area contributed by atoms with Gasteiger partial charge >= 0.3 is 5.97 Å². The zero-order chi connectivity index (χ0) is 11.4. The number of carboxylic acid groups (broad SMARTS) is 1. The molecular weight excluding hydrogens is 210 g/mol. The molecule has 1 N–H and O–H groups in total. The summed E-state index contributed by atoms with van der Waals surface area (Å²) in [4.78, 5) is 16.3. The minimum Gasteiger partial charge on any atom is -0.481 e. The van der Waals surface area contributed by atoms with Gasteiger partial charge in [-0.25, -0.2) is 4.98 Å². The first-order chi connectivity index (χ1) is 7.04. The third-order valence-corrected chi connectivity index (χ3v) is 3.55. The molecule has 0 aliphatic rings. The standard InChI is InChI=1S/C11H17NO2S/c1-4-5-10-12-8(3)9(15-10)6-7(2)11(13)14/h7H,4-6H2,1-3H3,(H,13,14). The van der Waals surface area contributed by atoms with E-state index in [-0.39, 0.29) is 5.92 Å². The van der Waals surface area contributed by atoms with Crippen molar-refractivity contribution in [1.82, 2.24) is 4.98 Å². The number of aliphatic carboxylic acids is 1. The second-order valence-corrected chi connectivity index (χ2v) is 4.98. The van der Waals surface area contributed by atoms with Gasteiger partial charge in [-0.05, 0) is 26.2 Å². The van der Waals surface area contributed by atoms with Gasteiger partial charge in [-0.1, -0.05) is 13.8 Å². The fraction of sp³-hybridized carbons (Fsp3) is 0.636. The molecule has 84 valence electrons. The van der Waals surface area contributed by atoms with Gasteiger partial charge in [0, 0.05) is 4.88 Å². The van der Waals surface area contributed by atoms with Crippen molar-refractivity contribution >= 4 is 17.3 Å². The molecule has 0 aliphatic heterocycles. The lowest BCUT2D eigenvalue weighted by atomic mass is 10.1. The molecule has 0 aromatic carbocycles.